The first-order valence-corrected chi connectivity index (χ1v) is 12.4. The van der Waals surface area contributed by atoms with Crippen molar-refractivity contribution in [2.75, 3.05) is 43.4 Å². The smallest absolute Gasteiger partial charge is 0.263 e. The summed E-state index contributed by atoms with van der Waals surface area (Å²) in [7, 11) is 2.14. The van der Waals surface area contributed by atoms with Crippen LogP contribution in [-0.4, -0.2) is 67.8 Å². The molecule has 36 heavy (non-hydrogen) atoms. The number of aryl methyl sites for hydroxylation is 1. The van der Waals surface area contributed by atoms with Crippen molar-refractivity contribution in [3.05, 3.63) is 46.8 Å². The summed E-state index contributed by atoms with van der Waals surface area (Å²) in [5, 5.41) is 7.93. The molecule has 6 rings (SSSR count). The number of likely N-dealkylation sites (N-methyl/N-ethyl adjacent to an activating group) is 1. The van der Waals surface area contributed by atoms with Crippen molar-refractivity contribution < 1.29 is 4.52 Å². The molecular formula is C25H29N9O2. The fraction of sp³-hybridized carbons (Fsp3) is 0.440. The van der Waals surface area contributed by atoms with Crippen LogP contribution in [0.5, 0.6) is 0 Å². The zero-order chi connectivity index (χ0) is 24.6. The molecule has 1 aliphatic heterocycles. The largest absolute Gasteiger partial charge is 0.368 e. The van der Waals surface area contributed by atoms with Gasteiger partial charge in [0.05, 0.1) is 17.4 Å². The summed E-state index contributed by atoms with van der Waals surface area (Å²) < 4.78 is 6.92. The van der Waals surface area contributed by atoms with Gasteiger partial charge in [0.2, 0.25) is 17.7 Å². The number of hydrogen-bond acceptors (Lipinski definition) is 10. The van der Waals surface area contributed by atoms with Crippen molar-refractivity contribution in [3.63, 3.8) is 0 Å². The van der Waals surface area contributed by atoms with Gasteiger partial charge in [-0.15, -0.1) is 0 Å². The predicted octanol–water partition coefficient (Wildman–Crippen LogP) is 3.16. The lowest BCUT2D eigenvalue weighted by molar-refractivity contribution is 0.313. The normalized spacial score (nSPS) is 17.2. The van der Waals surface area contributed by atoms with E-state index in [1.165, 1.54) is 0 Å². The molecule has 1 saturated carbocycles. The Morgan fingerprint density at radius 1 is 1.03 bits per heavy atom. The van der Waals surface area contributed by atoms with Crippen LogP contribution in [0.25, 0.3) is 22.4 Å². The number of hydrogen-bond donors (Lipinski definition) is 1. The van der Waals surface area contributed by atoms with Gasteiger partial charge in [0.15, 0.2) is 0 Å². The number of piperazine rings is 1. The number of aromatic nitrogens is 6. The lowest BCUT2D eigenvalue weighted by Crippen LogP contribution is -2.44. The Bertz CT molecular complexity index is 1430. The Balaban J connectivity index is 1.33. The Hall–Kier alpha value is -3.86. The van der Waals surface area contributed by atoms with Crippen molar-refractivity contribution in [2.24, 2.45) is 0 Å². The molecule has 4 aromatic heterocycles. The highest BCUT2D eigenvalue weighted by Crippen LogP contribution is 2.32. The van der Waals surface area contributed by atoms with E-state index in [-0.39, 0.29) is 17.4 Å². The molecule has 2 fully saturated rings. The van der Waals surface area contributed by atoms with Gasteiger partial charge in [-0.3, -0.25) is 9.36 Å². The van der Waals surface area contributed by atoms with Crippen molar-refractivity contribution >= 4 is 28.5 Å². The van der Waals surface area contributed by atoms with E-state index in [0.29, 0.717) is 28.9 Å². The highest BCUT2D eigenvalue weighted by molar-refractivity contribution is 5.80. The monoisotopic (exact) mass is 487 g/mol. The molecule has 0 aromatic carbocycles. The molecule has 0 spiro atoms. The minimum Gasteiger partial charge on any atom is -0.368 e. The average molecular weight is 488 g/mol. The molecular weight excluding hydrogens is 458 g/mol. The molecule has 0 atom stereocenters. The fourth-order valence-corrected chi connectivity index (χ4v) is 5.08. The second kappa shape index (κ2) is 9.30. The minimum atomic E-state index is -0.158. The third kappa shape index (κ3) is 4.30. The molecule has 11 heteroatoms. The second-order valence-electron chi connectivity index (χ2n) is 9.60. The first-order chi connectivity index (χ1) is 17.5. The molecule has 2 aliphatic rings. The van der Waals surface area contributed by atoms with Crippen LogP contribution in [0.4, 0.5) is 17.5 Å². The first kappa shape index (κ1) is 22.6. The van der Waals surface area contributed by atoms with Crippen LogP contribution in [0.1, 0.15) is 37.6 Å². The van der Waals surface area contributed by atoms with Gasteiger partial charge in [0, 0.05) is 50.7 Å². The number of fused-ring (bicyclic) bond motifs is 1. The van der Waals surface area contributed by atoms with Gasteiger partial charge in [-0.2, -0.15) is 9.97 Å². The van der Waals surface area contributed by atoms with Gasteiger partial charge in [-0.05, 0) is 38.1 Å². The molecule has 1 N–H and O–H groups in total. The zero-order valence-corrected chi connectivity index (χ0v) is 20.5. The molecule has 0 radical (unpaired) electrons. The van der Waals surface area contributed by atoms with E-state index in [9.17, 15) is 4.79 Å². The predicted molar refractivity (Wildman–Crippen MR) is 137 cm³/mol. The van der Waals surface area contributed by atoms with E-state index < -0.39 is 0 Å². The lowest BCUT2D eigenvalue weighted by Gasteiger charge is -2.33. The van der Waals surface area contributed by atoms with Crippen molar-refractivity contribution in [3.8, 4) is 11.4 Å². The van der Waals surface area contributed by atoms with Crippen LogP contribution in [0.15, 0.2) is 39.9 Å². The summed E-state index contributed by atoms with van der Waals surface area (Å²) in [5.41, 5.74) is 1.95. The lowest BCUT2D eigenvalue weighted by atomic mass is 10.1. The fourth-order valence-electron chi connectivity index (χ4n) is 5.08. The molecule has 11 nitrogen and oxygen atoms in total. The molecule has 0 bridgehead atoms. The molecule has 1 saturated heterocycles. The number of nitrogens with zero attached hydrogens (tertiary/aromatic N) is 8. The highest BCUT2D eigenvalue weighted by atomic mass is 16.5. The Morgan fingerprint density at radius 3 is 2.53 bits per heavy atom. The maximum Gasteiger partial charge on any atom is 0.263 e. The summed E-state index contributed by atoms with van der Waals surface area (Å²) in [6, 6.07) is 5.83. The number of nitrogens with one attached hydrogen (secondary N) is 1. The van der Waals surface area contributed by atoms with Crippen LogP contribution in [0.3, 0.4) is 0 Å². The number of pyridine rings is 2. The third-order valence-electron chi connectivity index (χ3n) is 7.09. The van der Waals surface area contributed by atoms with Gasteiger partial charge in [0.1, 0.15) is 11.5 Å². The molecule has 0 unspecified atom stereocenters. The summed E-state index contributed by atoms with van der Waals surface area (Å²) >= 11 is 0. The van der Waals surface area contributed by atoms with E-state index in [0.717, 1.165) is 62.9 Å². The maximum atomic E-state index is 13.6. The SMILES string of the molecule is Cc1nc(-c2cc3cnc(Nc4ccc(N5CCN(C)CC5)cn4)nc3n(C3CCCC3)c2=O)no1. The molecule has 1 aliphatic carbocycles. The number of anilines is 3. The molecule has 5 heterocycles. The van der Waals surface area contributed by atoms with Crippen LogP contribution in [-0.2, 0) is 0 Å². The van der Waals surface area contributed by atoms with Crippen LogP contribution in [0.2, 0.25) is 0 Å². The summed E-state index contributed by atoms with van der Waals surface area (Å²) in [4.78, 5) is 36.4. The highest BCUT2D eigenvalue weighted by Gasteiger charge is 2.24. The quantitative estimate of drug-likeness (QED) is 0.450. The van der Waals surface area contributed by atoms with Gasteiger partial charge in [0.25, 0.3) is 5.56 Å². The van der Waals surface area contributed by atoms with Gasteiger partial charge >= 0.3 is 0 Å². The van der Waals surface area contributed by atoms with Crippen LogP contribution in [0, 0.1) is 6.92 Å². The molecule has 0 amide bonds. The van der Waals surface area contributed by atoms with Crippen molar-refractivity contribution in [2.45, 2.75) is 38.6 Å². The van der Waals surface area contributed by atoms with E-state index in [1.807, 2.05) is 12.3 Å². The minimum absolute atomic E-state index is 0.0803. The van der Waals surface area contributed by atoms with Gasteiger partial charge < -0.3 is 19.6 Å². The van der Waals surface area contributed by atoms with Crippen molar-refractivity contribution in [1.82, 2.24) is 34.6 Å². The van der Waals surface area contributed by atoms with Gasteiger partial charge in [-0.1, -0.05) is 18.0 Å². The Morgan fingerprint density at radius 2 is 1.83 bits per heavy atom. The molecule has 186 valence electrons. The summed E-state index contributed by atoms with van der Waals surface area (Å²) in [5.74, 6) is 1.76. The average Bonchev–Trinajstić information content (AvgIpc) is 3.57. The van der Waals surface area contributed by atoms with Crippen LogP contribution < -0.4 is 15.8 Å². The van der Waals surface area contributed by atoms with E-state index in [1.54, 1.807) is 23.8 Å². The second-order valence-corrected chi connectivity index (χ2v) is 9.60. The standard InChI is InChI=1S/C25H29N9O2/c1-16-28-22(31-36-16)20-13-17-14-27-25(30-23(17)34(24(20)35)18-5-3-4-6-18)29-21-8-7-19(15-26-21)33-11-9-32(2)10-12-33/h7-8,13-15,18H,3-6,9-12H2,1-2H3,(H,26,27,29,30). The van der Waals surface area contributed by atoms with E-state index >= 15 is 0 Å². The zero-order valence-electron chi connectivity index (χ0n) is 20.5. The maximum absolute atomic E-state index is 13.6. The summed E-state index contributed by atoms with van der Waals surface area (Å²) in [6.07, 6.45) is 7.65. The topological polar surface area (TPSA) is 118 Å². The first-order valence-electron chi connectivity index (χ1n) is 12.4. The van der Waals surface area contributed by atoms with Gasteiger partial charge in [-0.25, -0.2) is 9.97 Å². The van der Waals surface area contributed by atoms with E-state index in [4.69, 9.17) is 9.51 Å². The molecule has 4 aromatic rings. The van der Waals surface area contributed by atoms with E-state index in [2.05, 4.69) is 48.3 Å². The third-order valence-corrected chi connectivity index (χ3v) is 7.09. The van der Waals surface area contributed by atoms with Crippen LogP contribution >= 0.6 is 0 Å². The Kier molecular flexibility index (Phi) is 5.84. The Labute approximate surface area is 208 Å². The number of rotatable bonds is 5. The summed E-state index contributed by atoms with van der Waals surface area (Å²) in [6.45, 7) is 5.77. The van der Waals surface area contributed by atoms with Crippen molar-refractivity contribution in [1.29, 1.82) is 0 Å².